The molecule has 0 bridgehead atoms. The van der Waals surface area contributed by atoms with Crippen LogP contribution in [0.5, 0.6) is 5.75 Å². The van der Waals surface area contributed by atoms with Crippen molar-refractivity contribution in [3.63, 3.8) is 0 Å². The van der Waals surface area contributed by atoms with E-state index in [1.165, 1.54) is 12.8 Å². The highest BCUT2D eigenvalue weighted by Gasteiger charge is 2.16. The number of nitrogens with zero attached hydrogens (tertiary/aromatic N) is 1. The largest absolute Gasteiger partial charge is 0.490 e. The molecule has 1 radical (unpaired) electrons. The van der Waals surface area contributed by atoms with Gasteiger partial charge in [-0.2, -0.15) is 5.26 Å². The minimum Gasteiger partial charge on any atom is -0.490 e. The fraction of sp³-hybridized carbons (Fsp3) is 0.417. The second kappa shape index (κ2) is 4.15. The van der Waals surface area contributed by atoms with Gasteiger partial charge < -0.3 is 4.74 Å². The lowest BCUT2D eigenvalue weighted by molar-refractivity contribution is 0.210. The fourth-order valence-corrected chi connectivity index (χ4v) is 1.78. The van der Waals surface area contributed by atoms with Crippen LogP contribution in [0.2, 0.25) is 0 Å². The Balaban J connectivity index is 2.05. The topological polar surface area (TPSA) is 33.0 Å². The van der Waals surface area contributed by atoms with Crippen LogP contribution in [-0.2, 0) is 0 Å². The summed E-state index contributed by atoms with van der Waals surface area (Å²) in [6.07, 6.45) is 5.13. The Kier molecular flexibility index (Phi) is 2.69. The van der Waals surface area contributed by atoms with Crippen molar-refractivity contribution in [1.82, 2.24) is 0 Å². The minimum atomic E-state index is 0.345. The number of rotatable bonds is 2. The van der Waals surface area contributed by atoms with Gasteiger partial charge in [-0.15, -0.1) is 0 Å². The van der Waals surface area contributed by atoms with Gasteiger partial charge in [0.1, 0.15) is 5.75 Å². The number of benzene rings is 1. The first kappa shape index (κ1) is 9.08. The standard InChI is InChI=1S/C12H12NO/c13-9-10-4-3-7-12(8-10)14-11-5-1-2-6-11/h4,7-8,11H,1-2,5-6H2. The molecule has 14 heavy (non-hydrogen) atoms. The molecular formula is C12H12NO. The highest BCUT2D eigenvalue weighted by Crippen LogP contribution is 2.24. The summed E-state index contributed by atoms with van der Waals surface area (Å²) in [5.41, 5.74) is 0.612. The van der Waals surface area contributed by atoms with Gasteiger partial charge in [0.25, 0.3) is 0 Å². The average Bonchev–Trinajstić information content (AvgIpc) is 2.71. The van der Waals surface area contributed by atoms with Crippen LogP contribution in [0.1, 0.15) is 31.2 Å². The summed E-state index contributed by atoms with van der Waals surface area (Å²) >= 11 is 0. The smallest absolute Gasteiger partial charge is 0.121 e. The fourth-order valence-electron chi connectivity index (χ4n) is 1.78. The lowest BCUT2D eigenvalue weighted by Crippen LogP contribution is -2.10. The Morgan fingerprint density at radius 2 is 2.14 bits per heavy atom. The summed E-state index contributed by atoms with van der Waals surface area (Å²) in [5, 5.41) is 8.70. The second-order valence-corrected chi connectivity index (χ2v) is 3.59. The Hall–Kier alpha value is -1.49. The molecule has 1 aromatic carbocycles. The monoisotopic (exact) mass is 186 g/mol. The molecule has 71 valence electrons. The van der Waals surface area contributed by atoms with E-state index in [4.69, 9.17) is 10.00 Å². The maximum absolute atomic E-state index is 8.70. The van der Waals surface area contributed by atoms with Crippen LogP contribution in [0.25, 0.3) is 0 Å². The van der Waals surface area contributed by atoms with Gasteiger partial charge >= 0.3 is 0 Å². The van der Waals surface area contributed by atoms with Crippen LogP contribution in [0.15, 0.2) is 18.2 Å². The Morgan fingerprint density at radius 3 is 2.86 bits per heavy atom. The van der Waals surface area contributed by atoms with Crippen molar-refractivity contribution in [2.45, 2.75) is 31.8 Å². The van der Waals surface area contributed by atoms with Crippen LogP contribution >= 0.6 is 0 Å². The van der Waals surface area contributed by atoms with E-state index in [-0.39, 0.29) is 0 Å². The molecule has 0 heterocycles. The second-order valence-electron chi connectivity index (χ2n) is 3.59. The van der Waals surface area contributed by atoms with E-state index < -0.39 is 0 Å². The summed E-state index contributed by atoms with van der Waals surface area (Å²) in [7, 11) is 0. The maximum atomic E-state index is 8.70. The van der Waals surface area contributed by atoms with Gasteiger partial charge in [-0.1, -0.05) is 0 Å². The van der Waals surface area contributed by atoms with Crippen LogP contribution in [-0.4, -0.2) is 6.10 Å². The summed E-state index contributed by atoms with van der Waals surface area (Å²) in [4.78, 5) is 0. The zero-order valence-corrected chi connectivity index (χ0v) is 7.99. The molecule has 2 rings (SSSR count). The number of nitriles is 1. The van der Waals surface area contributed by atoms with Crippen LogP contribution in [0.4, 0.5) is 0 Å². The number of ether oxygens (including phenoxy) is 1. The Labute approximate surface area is 84.1 Å². The molecule has 0 amide bonds. The third kappa shape index (κ3) is 2.05. The predicted molar refractivity (Wildman–Crippen MR) is 52.9 cm³/mol. The van der Waals surface area contributed by atoms with Crippen molar-refractivity contribution in [2.75, 3.05) is 0 Å². The third-order valence-corrected chi connectivity index (χ3v) is 2.50. The van der Waals surface area contributed by atoms with Crippen molar-refractivity contribution in [2.24, 2.45) is 0 Å². The molecule has 0 aliphatic heterocycles. The summed E-state index contributed by atoms with van der Waals surface area (Å²) in [6.45, 7) is 0. The average molecular weight is 186 g/mol. The zero-order chi connectivity index (χ0) is 9.80. The molecule has 1 aliphatic rings. The van der Waals surface area contributed by atoms with Crippen molar-refractivity contribution in [1.29, 1.82) is 5.26 Å². The molecule has 0 aromatic heterocycles. The molecule has 0 atom stereocenters. The molecule has 0 unspecified atom stereocenters. The van der Waals surface area contributed by atoms with Crippen LogP contribution in [0, 0.1) is 17.4 Å². The molecule has 1 saturated carbocycles. The van der Waals surface area contributed by atoms with Gasteiger partial charge in [-0.3, -0.25) is 0 Å². The van der Waals surface area contributed by atoms with E-state index in [0.29, 0.717) is 11.7 Å². The van der Waals surface area contributed by atoms with Gasteiger partial charge in [0.2, 0.25) is 0 Å². The zero-order valence-electron chi connectivity index (χ0n) is 7.99. The predicted octanol–water partition coefficient (Wildman–Crippen LogP) is 2.68. The molecule has 2 heteroatoms. The van der Waals surface area contributed by atoms with Gasteiger partial charge in [-0.05, 0) is 49.9 Å². The SMILES string of the molecule is N#Cc1c[c]cc(OC2CCCC2)c1. The molecule has 1 aromatic rings. The molecule has 0 spiro atoms. The van der Waals surface area contributed by atoms with E-state index in [0.717, 1.165) is 18.6 Å². The third-order valence-electron chi connectivity index (χ3n) is 2.50. The minimum absolute atomic E-state index is 0.345. The molecule has 0 N–H and O–H groups in total. The van der Waals surface area contributed by atoms with Gasteiger partial charge in [0, 0.05) is 0 Å². The lowest BCUT2D eigenvalue weighted by atomic mass is 10.2. The maximum Gasteiger partial charge on any atom is 0.121 e. The van der Waals surface area contributed by atoms with Crippen molar-refractivity contribution < 1.29 is 4.74 Å². The first-order valence-corrected chi connectivity index (χ1v) is 4.96. The van der Waals surface area contributed by atoms with Crippen LogP contribution < -0.4 is 4.74 Å². The highest BCUT2D eigenvalue weighted by atomic mass is 16.5. The quantitative estimate of drug-likeness (QED) is 0.711. The molecule has 1 aliphatic carbocycles. The molecular weight excluding hydrogens is 174 g/mol. The van der Waals surface area contributed by atoms with E-state index in [9.17, 15) is 0 Å². The normalized spacial score (nSPS) is 16.5. The van der Waals surface area contributed by atoms with Crippen molar-refractivity contribution in [3.8, 4) is 11.8 Å². The lowest BCUT2D eigenvalue weighted by Gasteiger charge is -2.12. The van der Waals surface area contributed by atoms with Gasteiger partial charge in [-0.25, -0.2) is 0 Å². The van der Waals surface area contributed by atoms with Gasteiger partial charge in [0.15, 0.2) is 0 Å². The van der Waals surface area contributed by atoms with E-state index >= 15 is 0 Å². The molecule has 1 fully saturated rings. The Morgan fingerprint density at radius 1 is 1.36 bits per heavy atom. The molecule has 0 saturated heterocycles. The van der Waals surface area contributed by atoms with E-state index in [1.54, 1.807) is 18.2 Å². The molecule has 2 nitrogen and oxygen atoms in total. The summed E-state index contributed by atoms with van der Waals surface area (Å²) in [6, 6.07) is 10.2. The number of hydrogen-bond donors (Lipinski definition) is 0. The van der Waals surface area contributed by atoms with E-state index in [1.807, 2.05) is 0 Å². The van der Waals surface area contributed by atoms with E-state index in [2.05, 4.69) is 12.1 Å². The Bertz CT molecular complexity index is 348. The summed E-state index contributed by atoms with van der Waals surface area (Å²) < 4.78 is 5.74. The first-order valence-electron chi connectivity index (χ1n) is 4.96. The first-order chi connectivity index (χ1) is 6.88. The number of hydrogen-bond acceptors (Lipinski definition) is 2. The highest BCUT2D eigenvalue weighted by molar-refractivity contribution is 5.35. The van der Waals surface area contributed by atoms with Crippen molar-refractivity contribution >= 4 is 0 Å². The van der Waals surface area contributed by atoms with Crippen molar-refractivity contribution in [3.05, 3.63) is 29.8 Å². The summed E-state index contributed by atoms with van der Waals surface area (Å²) in [5.74, 6) is 0.774. The van der Waals surface area contributed by atoms with Gasteiger partial charge in [0.05, 0.1) is 17.7 Å². The van der Waals surface area contributed by atoms with Crippen LogP contribution in [0.3, 0.4) is 0 Å².